The largest absolute Gasteiger partial charge is 0.462 e. The van der Waals surface area contributed by atoms with Gasteiger partial charge in [0.25, 0.3) is 0 Å². The van der Waals surface area contributed by atoms with Gasteiger partial charge >= 0.3 is 5.97 Å². The summed E-state index contributed by atoms with van der Waals surface area (Å²) in [5.41, 5.74) is 1.21. The fourth-order valence-electron chi connectivity index (χ4n) is 3.24. The van der Waals surface area contributed by atoms with Crippen LogP contribution in [0.15, 0.2) is 30.3 Å². The normalized spacial score (nSPS) is 32.5. The molecule has 0 spiro atoms. The molecule has 2 saturated carbocycles. The Kier molecular flexibility index (Phi) is 3.56. The molecule has 0 aromatic heterocycles. The highest BCUT2D eigenvalue weighted by Gasteiger charge is 2.48. The number of rotatable bonds is 4. The van der Waals surface area contributed by atoms with Crippen LogP contribution in [0.1, 0.15) is 25.3 Å². The van der Waals surface area contributed by atoms with Crippen molar-refractivity contribution in [3.8, 4) is 0 Å². The van der Waals surface area contributed by atoms with Gasteiger partial charge in [-0.3, -0.25) is 4.79 Å². The van der Waals surface area contributed by atoms with Crippen molar-refractivity contribution in [1.82, 2.24) is 0 Å². The Bertz CT molecular complexity index is 443. The number of fused-ring (bicyclic) bond motifs is 2. The molecule has 1 aromatic carbocycles. The van der Waals surface area contributed by atoms with Gasteiger partial charge in [-0.1, -0.05) is 30.3 Å². The molecule has 2 bridgehead atoms. The van der Waals surface area contributed by atoms with Crippen molar-refractivity contribution in [2.24, 2.45) is 11.8 Å². The molecule has 3 rings (SSSR count). The average molecular weight is 259 g/mol. The Morgan fingerprint density at radius 1 is 1.26 bits per heavy atom. The van der Waals surface area contributed by atoms with E-state index < -0.39 is 0 Å². The Hall–Kier alpha value is -1.35. The fourth-order valence-corrected chi connectivity index (χ4v) is 3.24. The maximum atomic E-state index is 11.0. The predicted molar refractivity (Wildman–Crippen MR) is 71.1 cm³/mol. The molecule has 2 aliphatic carbocycles. The second kappa shape index (κ2) is 5.33. The van der Waals surface area contributed by atoms with Gasteiger partial charge in [-0.15, -0.1) is 0 Å². The van der Waals surface area contributed by atoms with Crippen molar-refractivity contribution in [2.75, 3.05) is 0 Å². The lowest BCUT2D eigenvalue weighted by Crippen LogP contribution is -2.31. The Morgan fingerprint density at radius 2 is 2.05 bits per heavy atom. The van der Waals surface area contributed by atoms with Crippen LogP contribution in [0.3, 0.4) is 0 Å². The third-order valence-corrected chi connectivity index (χ3v) is 4.10. The standard InChI is InChI=1S/C16H19O3/c1-11(17)19-16-9-13-7-14(16)8-15(13)18-10-12-5-3-2-4-6-12/h2-6,9,13-16H,7-8,10H2,1H3/t13-,14-,15+,16+/m1/s1. The average Bonchev–Trinajstić information content (AvgIpc) is 2.96. The number of hydrogen-bond acceptors (Lipinski definition) is 3. The topological polar surface area (TPSA) is 35.5 Å². The molecule has 0 N–H and O–H groups in total. The lowest BCUT2D eigenvalue weighted by molar-refractivity contribution is -0.147. The lowest BCUT2D eigenvalue weighted by Gasteiger charge is -2.27. The van der Waals surface area contributed by atoms with Crippen LogP contribution in [0.4, 0.5) is 0 Å². The molecule has 2 fully saturated rings. The summed E-state index contributed by atoms with van der Waals surface area (Å²) in [6, 6.07) is 10.2. The van der Waals surface area contributed by atoms with Gasteiger partial charge in [-0.25, -0.2) is 0 Å². The van der Waals surface area contributed by atoms with Crippen LogP contribution in [-0.2, 0) is 20.9 Å². The molecule has 0 heterocycles. The summed E-state index contributed by atoms with van der Waals surface area (Å²) in [6.07, 6.45) is 4.56. The summed E-state index contributed by atoms with van der Waals surface area (Å²) >= 11 is 0. The van der Waals surface area contributed by atoms with Crippen molar-refractivity contribution in [3.63, 3.8) is 0 Å². The maximum absolute atomic E-state index is 11.0. The molecule has 0 amide bonds. The molecule has 0 saturated heterocycles. The van der Waals surface area contributed by atoms with Gasteiger partial charge in [-0.05, 0) is 30.2 Å². The SMILES string of the molecule is CC(=O)O[C@H]1[CH][C@H]2C[C@@H]1C[C@@H]2OCc1ccccc1. The van der Waals surface area contributed by atoms with Gasteiger partial charge in [0.05, 0.1) is 12.7 Å². The van der Waals surface area contributed by atoms with E-state index in [1.54, 1.807) is 0 Å². The lowest BCUT2D eigenvalue weighted by atomic mass is 9.95. The molecule has 2 aliphatic rings. The first-order valence-electron chi connectivity index (χ1n) is 6.90. The van der Waals surface area contributed by atoms with E-state index in [2.05, 4.69) is 18.6 Å². The molecule has 101 valence electrons. The highest BCUT2D eigenvalue weighted by molar-refractivity contribution is 5.66. The van der Waals surface area contributed by atoms with Gasteiger partial charge in [0.1, 0.15) is 6.10 Å². The summed E-state index contributed by atoms with van der Waals surface area (Å²) in [4.78, 5) is 11.0. The minimum Gasteiger partial charge on any atom is -0.462 e. The van der Waals surface area contributed by atoms with Crippen LogP contribution in [-0.4, -0.2) is 18.2 Å². The number of carbonyl (C=O) groups is 1. The second-order valence-electron chi connectivity index (χ2n) is 5.50. The van der Waals surface area contributed by atoms with Gasteiger partial charge in [0.2, 0.25) is 0 Å². The van der Waals surface area contributed by atoms with E-state index in [0.717, 1.165) is 12.8 Å². The summed E-state index contributed by atoms with van der Waals surface area (Å²) in [6.45, 7) is 2.14. The number of benzene rings is 1. The number of esters is 1. The van der Waals surface area contributed by atoms with E-state index in [1.165, 1.54) is 12.5 Å². The van der Waals surface area contributed by atoms with E-state index in [0.29, 0.717) is 18.4 Å². The molecule has 1 radical (unpaired) electrons. The van der Waals surface area contributed by atoms with Crippen molar-refractivity contribution in [1.29, 1.82) is 0 Å². The molecule has 4 atom stereocenters. The summed E-state index contributed by atoms with van der Waals surface area (Å²) in [7, 11) is 0. The molecule has 0 aliphatic heterocycles. The first-order valence-corrected chi connectivity index (χ1v) is 6.90. The third-order valence-electron chi connectivity index (χ3n) is 4.10. The van der Waals surface area contributed by atoms with Crippen LogP contribution in [0.5, 0.6) is 0 Å². The summed E-state index contributed by atoms with van der Waals surface area (Å²) in [5.74, 6) is 0.711. The third kappa shape index (κ3) is 2.81. The number of carbonyl (C=O) groups excluding carboxylic acids is 1. The van der Waals surface area contributed by atoms with E-state index >= 15 is 0 Å². The van der Waals surface area contributed by atoms with Gasteiger partial charge < -0.3 is 9.47 Å². The van der Waals surface area contributed by atoms with Crippen molar-refractivity contribution in [2.45, 2.75) is 38.6 Å². The predicted octanol–water partition coefficient (Wildman–Crippen LogP) is 2.75. The van der Waals surface area contributed by atoms with Crippen molar-refractivity contribution in [3.05, 3.63) is 42.3 Å². The smallest absolute Gasteiger partial charge is 0.302 e. The number of hydrogen-bond donors (Lipinski definition) is 0. The molecular formula is C16H19O3. The van der Waals surface area contributed by atoms with Crippen LogP contribution >= 0.6 is 0 Å². The highest BCUT2D eigenvalue weighted by atomic mass is 16.5. The van der Waals surface area contributed by atoms with Crippen LogP contribution in [0, 0.1) is 18.3 Å². The number of ether oxygens (including phenoxy) is 2. The molecule has 3 heteroatoms. The maximum Gasteiger partial charge on any atom is 0.302 e. The van der Waals surface area contributed by atoms with E-state index in [9.17, 15) is 4.79 Å². The van der Waals surface area contributed by atoms with Gasteiger partial charge in [0.15, 0.2) is 0 Å². The van der Waals surface area contributed by atoms with Crippen LogP contribution < -0.4 is 0 Å². The van der Waals surface area contributed by atoms with Crippen molar-refractivity contribution >= 4 is 5.97 Å². The zero-order valence-electron chi connectivity index (χ0n) is 11.1. The Labute approximate surface area is 113 Å². The molecule has 0 unspecified atom stereocenters. The van der Waals surface area contributed by atoms with Gasteiger partial charge in [0, 0.05) is 13.3 Å². The van der Waals surface area contributed by atoms with E-state index in [-0.39, 0.29) is 18.2 Å². The zero-order valence-corrected chi connectivity index (χ0v) is 11.1. The van der Waals surface area contributed by atoms with Crippen molar-refractivity contribution < 1.29 is 14.3 Å². The first kappa shape index (κ1) is 12.7. The molecule has 1 aromatic rings. The molecule has 3 nitrogen and oxygen atoms in total. The van der Waals surface area contributed by atoms with E-state index in [4.69, 9.17) is 9.47 Å². The fraction of sp³-hybridized carbons (Fsp3) is 0.500. The highest BCUT2D eigenvalue weighted by Crippen LogP contribution is 2.47. The Balaban J connectivity index is 1.50. The van der Waals surface area contributed by atoms with Crippen LogP contribution in [0.2, 0.25) is 0 Å². The Morgan fingerprint density at radius 3 is 2.68 bits per heavy atom. The molecular weight excluding hydrogens is 240 g/mol. The monoisotopic (exact) mass is 259 g/mol. The summed E-state index contributed by atoms with van der Waals surface area (Å²) in [5, 5.41) is 0. The van der Waals surface area contributed by atoms with Crippen LogP contribution in [0.25, 0.3) is 0 Å². The zero-order chi connectivity index (χ0) is 13.2. The summed E-state index contributed by atoms with van der Waals surface area (Å²) < 4.78 is 11.3. The quantitative estimate of drug-likeness (QED) is 0.780. The minimum absolute atomic E-state index is 0.0130. The minimum atomic E-state index is -0.185. The van der Waals surface area contributed by atoms with Gasteiger partial charge in [-0.2, -0.15) is 0 Å². The second-order valence-corrected chi connectivity index (χ2v) is 5.50. The first-order chi connectivity index (χ1) is 9.22. The van der Waals surface area contributed by atoms with E-state index in [1.807, 2.05) is 18.2 Å². The molecule has 19 heavy (non-hydrogen) atoms.